The highest BCUT2D eigenvalue weighted by atomic mass is 35.5. The van der Waals surface area contributed by atoms with Crippen LogP contribution in [0.25, 0.3) is 11.2 Å². The number of rotatable bonds is 7. The van der Waals surface area contributed by atoms with Crippen LogP contribution in [0.15, 0.2) is 30.6 Å². The fourth-order valence-electron chi connectivity index (χ4n) is 4.95. The average Bonchev–Trinajstić information content (AvgIpc) is 3.52. The minimum absolute atomic E-state index is 0.0105. The molecule has 0 saturated carbocycles. The summed E-state index contributed by atoms with van der Waals surface area (Å²) in [5.41, 5.74) is 5.93. The number of anilines is 1. The largest absolute Gasteiger partial charge is 0.509 e. The molecule has 0 bridgehead atoms. The summed E-state index contributed by atoms with van der Waals surface area (Å²) in [4.78, 5) is 24.9. The molecule has 1 aromatic carbocycles. The van der Waals surface area contributed by atoms with Crippen molar-refractivity contribution < 1.29 is 41.9 Å². The van der Waals surface area contributed by atoms with Crippen molar-refractivity contribution in [2.45, 2.75) is 50.4 Å². The summed E-state index contributed by atoms with van der Waals surface area (Å²) in [6.07, 6.45) is -2.23. The highest BCUT2D eigenvalue weighted by Crippen LogP contribution is 2.58. The minimum Gasteiger partial charge on any atom is -0.476 e. The first-order chi connectivity index (χ1) is 18.7. The zero-order valence-electron chi connectivity index (χ0n) is 20.9. The average molecular weight is 582 g/mol. The van der Waals surface area contributed by atoms with Gasteiger partial charge in [-0.1, -0.05) is 23.7 Å². The van der Waals surface area contributed by atoms with Crippen molar-refractivity contribution in [2.75, 3.05) is 25.6 Å². The zero-order valence-corrected chi connectivity index (χ0v) is 22.5. The van der Waals surface area contributed by atoms with E-state index in [9.17, 15) is 9.36 Å². The molecule has 0 aliphatic carbocycles. The zero-order chi connectivity index (χ0) is 27.4. The third-order valence-corrected chi connectivity index (χ3v) is 8.42. The van der Waals surface area contributed by atoms with E-state index >= 15 is 0 Å². The Hall–Kier alpha value is -3.00. The molecule has 16 heteroatoms. The maximum atomic E-state index is 13.4. The molecule has 3 aliphatic heterocycles. The highest BCUT2D eigenvalue weighted by Gasteiger charge is 2.64. The van der Waals surface area contributed by atoms with Crippen LogP contribution in [0.5, 0.6) is 5.88 Å². The van der Waals surface area contributed by atoms with Gasteiger partial charge in [-0.05, 0) is 31.5 Å². The third-order valence-electron chi connectivity index (χ3n) is 6.69. The number of carbonyl (C=O) groups is 1. The lowest BCUT2D eigenvalue weighted by Gasteiger charge is -2.29. The van der Waals surface area contributed by atoms with Gasteiger partial charge >= 0.3 is 14.0 Å². The van der Waals surface area contributed by atoms with Crippen molar-refractivity contribution in [3.8, 4) is 5.88 Å². The summed E-state index contributed by atoms with van der Waals surface area (Å²) in [5.74, 6) is 0.177. The number of ether oxygens (including phenoxy) is 4. The number of aromatic nitrogens is 4. The van der Waals surface area contributed by atoms with Crippen LogP contribution in [0.2, 0.25) is 5.02 Å². The van der Waals surface area contributed by atoms with Crippen molar-refractivity contribution in [3.05, 3.63) is 41.2 Å². The number of halogens is 1. The maximum absolute atomic E-state index is 13.4. The Labute approximate surface area is 227 Å². The fraction of sp³-hybridized carbons (Fsp3) is 0.478. The number of carbonyl (C=O) groups excluding carboxylic acids is 1. The number of hydrogen-bond acceptors (Lipinski definition) is 13. The first kappa shape index (κ1) is 26.2. The molecule has 6 rings (SSSR count). The van der Waals surface area contributed by atoms with Gasteiger partial charge in [-0.2, -0.15) is 9.97 Å². The monoisotopic (exact) mass is 581 g/mol. The Morgan fingerprint density at radius 1 is 1.28 bits per heavy atom. The van der Waals surface area contributed by atoms with Crippen LogP contribution >= 0.6 is 19.4 Å². The van der Waals surface area contributed by atoms with Crippen LogP contribution in [0.4, 0.5) is 10.7 Å². The van der Waals surface area contributed by atoms with E-state index in [4.69, 9.17) is 49.9 Å². The summed E-state index contributed by atoms with van der Waals surface area (Å²) < 4.78 is 54.7. The van der Waals surface area contributed by atoms with Gasteiger partial charge in [0.05, 0.1) is 25.9 Å². The van der Waals surface area contributed by atoms with Crippen molar-refractivity contribution in [3.63, 3.8) is 0 Å². The van der Waals surface area contributed by atoms with Gasteiger partial charge in [-0.15, -0.1) is 0 Å². The lowest BCUT2D eigenvalue weighted by Crippen LogP contribution is -2.42. The van der Waals surface area contributed by atoms with E-state index in [1.807, 2.05) is 0 Å². The molecule has 0 amide bonds. The van der Waals surface area contributed by atoms with Gasteiger partial charge in [-0.25, -0.2) is 14.3 Å². The number of phosphoric acid groups is 1. The highest BCUT2D eigenvalue weighted by molar-refractivity contribution is 7.48. The molecule has 14 nitrogen and oxygen atoms in total. The number of nitrogens with zero attached hydrogens (tertiary/aromatic N) is 4. The van der Waals surface area contributed by atoms with Gasteiger partial charge in [0.1, 0.15) is 12.4 Å². The predicted octanol–water partition coefficient (Wildman–Crippen LogP) is 3.96. The van der Waals surface area contributed by atoms with E-state index in [-0.39, 0.29) is 30.7 Å². The van der Waals surface area contributed by atoms with E-state index < -0.39 is 44.1 Å². The molecule has 3 fully saturated rings. The van der Waals surface area contributed by atoms with E-state index in [1.165, 1.54) is 6.33 Å². The quantitative estimate of drug-likeness (QED) is 0.314. The van der Waals surface area contributed by atoms with Crippen LogP contribution in [-0.2, 0) is 32.3 Å². The molecule has 0 spiro atoms. The van der Waals surface area contributed by atoms with Gasteiger partial charge in [0.2, 0.25) is 11.8 Å². The molecule has 5 heterocycles. The second kappa shape index (κ2) is 9.88. The van der Waals surface area contributed by atoms with Crippen LogP contribution in [-0.4, -0.2) is 63.3 Å². The number of nitrogens with two attached hydrogens (primary N) is 1. The molecule has 2 aromatic heterocycles. The Morgan fingerprint density at radius 3 is 2.85 bits per heavy atom. The first-order valence-corrected chi connectivity index (χ1v) is 14.0. The fourth-order valence-corrected chi connectivity index (χ4v) is 6.47. The molecular weight excluding hydrogens is 557 g/mol. The number of benzene rings is 1. The van der Waals surface area contributed by atoms with Gasteiger partial charge in [-0.3, -0.25) is 18.1 Å². The molecule has 208 valence electrons. The Kier molecular flexibility index (Phi) is 6.64. The first-order valence-electron chi connectivity index (χ1n) is 12.2. The summed E-state index contributed by atoms with van der Waals surface area (Å²) in [7, 11) is -3.98. The van der Waals surface area contributed by atoms with Crippen LogP contribution < -0.4 is 10.5 Å². The number of fused-ring (bicyclic) bond motifs is 2. The molecule has 0 unspecified atom stereocenters. The van der Waals surface area contributed by atoms with Crippen LogP contribution in [0, 0.1) is 0 Å². The molecular formula is C23H25ClN5O9P. The normalized spacial score (nSPS) is 32.1. The second-order valence-corrected chi connectivity index (χ2v) is 11.3. The maximum Gasteiger partial charge on any atom is 0.509 e. The van der Waals surface area contributed by atoms with E-state index in [2.05, 4.69) is 15.0 Å². The SMILES string of the molecule is CCOc1nc(N)nc2ncn([C@@H]3O[C@H](CO[P@]4(=O)OCC[C@H](c5ccc(Cl)cc5)O4)[C@H]4OC(=O)O[C@]43C)c12. The van der Waals surface area contributed by atoms with Gasteiger partial charge in [0, 0.05) is 11.4 Å². The van der Waals surface area contributed by atoms with Crippen LogP contribution in [0.1, 0.15) is 38.2 Å². The number of nitrogen functional groups attached to an aromatic ring is 1. The molecule has 3 aliphatic rings. The van der Waals surface area contributed by atoms with E-state index in [1.54, 1.807) is 42.7 Å². The number of phosphoric ester groups is 1. The summed E-state index contributed by atoms with van der Waals surface area (Å²) in [6, 6.07) is 7.02. The van der Waals surface area contributed by atoms with Crippen molar-refractivity contribution >= 4 is 42.7 Å². The molecule has 3 saturated heterocycles. The van der Waals surface area contributed by atoms with E-state index in [0.29, 0.717) is 23.6 Å². The number of imidazole rings is 1. The smallest absolute Gasteiger partial charge is 0.476 e. The Morgan fingerprint density at radius 2 is 2.08 bits per heavy atom. The Bertz CT molecular complexity index is 1460. The van der Waals surface area contributed by atoms with E-state index in [0.717, 1.165) is 5.56 Å². The molecule has 0 radical (unpaired) electrons. The standard InChI is InChI=1S/C23H25ClN5O9P/c1-3-32-19-16-18(27-21(25)28-19)26-11-29(16)20-23(2)17(36-22(30)37-23)15(35-20)10-34-39(31)33-9-8-14(38-39)12-4-6-13(24)7-5-12/h4-7,11,14-15,17,20H,3,8-10H2,1-2H3,(H2,25,27,28)/t14-,15-,17-,20-,23-,39+/m1/s1. The van der Waals surface area contributed by atoms with Gasteiger partial charge in [0.15, 0.2) is 29.1 Å². The molecule has 39 heavy (non-hydrogen) atoms. The summed E-state index contributed by atoms with van der Waals surface area (Å²) in [5, 5.41) is 0.573. The van der Waals surface area contributed by atoms with Gasteiger partial charge in [0.25, 0.3) is 0 Å². The summed E-state index contributed by atoms with van der Waals surface area (Å²) in [6.45, 7) is 3.63. The van der Waals surface area contributed by atoms with Crippen molar-refractivity contribution in [1.82, 2.24) is 19.5 Å². The van der Waals surface area contributed by atoms with Crippen LogP contribution in [0.3, 0.4) is 0 Å². The van der Waals surface area contributed by atoms with Crippen molar-refractivity contribution in [2.24, 2.45) is 0 Å². The molecule has 6 atom stereocenters. The summed E-state index contributed by atoms with van der Waals surface area (Å²) >= 11 is 5.98. The molecule has 3 aromatic rings. The van der Waals surface area contributed by atoms with Gasteiger partial charge < -0.3 is 24.7 Å². The second-order valence-electron chi connectivity index (χ2n) is 9.26. The number of hydrogen-bond donors (Lipinski definition) is 1. The Balaban J connectivity index is 1.25. The minimum atomic E-state index is -3.98. The molecule has 2 N–H and O–H groups in total. The topological polar surface area (TPSA) is 168 Å². The third kappa shape index (κ3) is 4.71. The lowest BCUT2D eigenvalue weighted by atomic mass is 9.96. The van der Waals surface area contributed by atoms with Crippen molar-refractivity contribution in [1.29, 1.82) is 0 Å². The lowest BCUT2D eigenvalue weighted by molar-refractivity contribution is -0.0924. The predicted molar refractivity (Wildman–Crippen MR) is 134 cm³/mol.